The van der Waals surface area contributed by atoms with Crippen LogP contribution in [0.25, 0.3) is 10.9 Å². The molecular weight excluding hydrogens is 293 g/mol. The Morgan fingerprint density at radius 3 is 2.84 bits per heavy atom. The van der Waals surface area contributed by atoms with E-state index in [0.29, 0.717) is 0 Å². The molecule has 0 fully saturated rings. The lowest BCUT2D eigenvalue weighted by Crippen LogP contribution is -2.01. The highest BCUT2D eigenvalue weighted by atomic mass is 35.5. The van der Waals surface area contributed by atoms with Gasteiger partial charge in [0.1, 0.15) is 17.5 Å². The molecule has 0 amide bonds. The van der Waals surface area contributed by atoms with Gasteiger partial charge < -0.3 is 9.84 Å². The first kappa shape index (κ1) is 13.8. The minimum absolute atomic E-state index is 0.0125. The standard InChI is InChI=1S/C11H9ClFN3O2S/c1-3-4-18-10-5-7(6(13)8(12)15-10)14-11(19-2)16-9(5)17/h3H,1,4H2,2H3,(H,14,16,17). The van der Waals surface area contributed by atoms with E-state index < -0.39 is 11.7 Å². The van der Waals surface area contributed by atoms with Gasteiger partial charge in [0.25, 0.3) is 0 Å². The number of rotatable bonds is 4. The van der Waals surface area contributed by atoms with Crippen molar-refractivity contribution >= 4 is 34.3 Å². The summed E-state index contributed by atoms with van der Waals surface area (Å²) in [5, 5.41) is 9.69. The molecule has 0 unspecified atom stereocenters. The maximum absolute atomic E-state index is 13.9. The predicted molar refractivity (Wildman–Crippen MR) is 71.4 cm³/mol. The van der Waals surface area contributed by atoms with Gasteiger partial charge in [-0.05, 0) is 6.26 Å². The molecule has 0 aromatic carbocycles. The van der Waals surface area contributed by atoms with E-state index in [0.717, 1.165) is 0 Å². The number of aromatic hydroxyl groups is 1. The molecule has 0 saturated carbocycles. The van der Waals surface area contributed by atoms with Crippen LogP contribution < -0.4 is 4.74 Å². The van der Waals surface area contributed by atoms with Crippen molar-refractivity contribution in [3.63, 3.8) is 0 Å². The van der Waals surface area contributed by atoms with Crippen molar-refractivity contribution in [1.29, 1.82) is 0 Å². The lowest BCUT2D eigenvalue weighted by Gasteiger charge is -2.09. The van der Waals surface area contributed by atoms with Crippen LogP contribution >= 0.6 is 23.4 Å². The van der Waals surface area contributed by atoms with Crippen molar-refractivity contribution in [2.45, 2.75) is 5.16 Å². The first-order valence-electron chi connectivity index (χ1n) is 5.11. The fourth-order valence-corrected chi connectivity index (χ4v) is 1.94. The van der Waals surface area contributed by atoms with Gasteiger partial charge in [0.2, 0.25) is 11.8 Å². The van der Waals surface area contributed by atoms with E-state index in [1.165, 1.54) is 17.8 Å². The molecule has 0 aliphatic rings. The van der Waals surface area contributed by atoms with Crippen LogP contribution in [0.4, 0.5) is 4.39 Å². The predicted octanol–water partition coefficient (Wildman–Crippen LogP) is 2.81. The topological polar surface area (TPSA) is 68.1 Å². The third-order valence-electron chi connectivity index (χ3n) is 2.19. The second-order valence-corrected chi connectivity index (χ2v) is 4.51. The molecule has 2 heterocycles. The van der Waals surface area contributed by atoms with Crippen molar-refractivity contribution < 1.29 is 14.2 Å². The van der Waals surface area contributed by atoms with Gasteiger partial charge in [-0.1, -0.05) is 36.0 Å². The van der Waals surface area contributed by atoms with Crippen LogP contribution in [-0.4, -0.2) is 32.9 Å². The van der Waals surface area contributed by atoms with E-state index >= 15 is 0 Å². The molecule has 0 spiro atoms. The largest absolute Gasteiger partial charge is 0.493 e. The minimum Gasteiger partial charge on any atom is -0.493 e. The number of thioether (sulfide) groups is 1. The number of hydrogen-bond donors (Lipinski definition) is 1. The summed E-state index contributed by atoms with van der Waals surface area (Å²) in [4.78, 5) is 11.5. The molecule has 0 saturated heterocycles. The molecule has 100 valence electrons. The van der Waals surface area contributed by atoms with Gasteiger partial charge in [-0.2, -0.15) is 9.97 Å². The zero-order valence-corrected chi connectivity index (χ0v) is 11.4. The summed E-state index contributed by atoms with van der Waals surface area (Å²) in [6.45, 7) is 3.62. The summed E-state index contributed by atoms with van der Waals surface area (Å²) < 4.78 is 19.1. The molecule has 0 bridgehead atoms. The molecule has 0 aliphatic carbocycles. The quantitative estimate of drug-likeness (QED) is 0.405. The molecule has 0 atom stereocenters. The number of halogens is 2. The molecule has 0 aliphatic heterocycles. The Morgan fingerprint density at radius 2 is 2.21 bits per heavy atom. The maximum atomic E-state index is 13.9. The Kier molecular flexibility index (Phi) is 4.06. The fraction of sp³-hybridized carbons (Fsp3) is 0.182. The lowest BCUT2D eigenvalue weighted by molar-refractivity contribution is 0.350. The smallest absolute Gasteiger partial charge is 0.230 e. The van der Waals surface area contributed by atoms with Gasteiger partial charge in [-0.3, -0.25) is 0 Å². The van der Waals surface area contributed by atoms with Crippen LogP contribution in [0.3, 0.4) is 0 Å². The highest BCUT2D eigenvalue weighted by Crippen LogP contribution is 2.35. The second-order valence-electron chi connectivity index (χ2n) is 3.38. The van der Waals surface area contributed by atoms with Crippen molar-refractivity contribution in [2.75, 3.05) is 12.9 Å². The number of hydrogen-bond acceptors (Lipinski definition) is 6. The third kappa shape index (κ3) is 2.57. The maximum Gasteiger partial charge on any atom is 0.230 e. The average molecular weight is 302 g/mol. The number of pyridine rings is 1. The van der Waals surface area contributed by atoms with Crippen LogP contribution in [0.5, 0.6) is 11.8 Å². The third-order valence-corrected chi connectivity index (χ3v) is 2.99. The number of aromatic nitrogens is 3. The van der Waals surface area contributed by atoms with Crippen LogP contribution in [0.15, 0.2) is 17.8 Å². The van der Waals surface area contributed by atoms with Crippen LogP contribution in [0, 0.1) is 5.82 Å². The number of nitrogens with zero attached hydrogens (tertiary/aromatic N) is 3. The number of ether oxygens (including phenoxy) is 1. The normalized spacial score (nSPS) is 10.7. The molecule has 2 aromatic heterocycles. The van der Waals surface area contributed by atoms with Crippen LogP contribution in [0.2, 0.25) is 5.15 Å². The Bertz CT molecular complexity index is 654. The highest BCUT2D eigenvalue weighted by Gasteiger charge is 2.20. The molecule has 8 heteroatoms. The first-order chi connectivity index (χ1) is 9.08. The summed E-state index contributed by atoms with van der Waals surface area (Å²) in [5.74, 6) is -1.27. The van der Waals surface area contributed by atoms with E-state index in [9.17, 15) is 9.50 Å². The SMILES string of the molecule is C=CCOc1nc(Cl)c(F)c2nc(SC)nc(O)c12. The Hall–Kier alpha value is -1.60. The first-order valence-corrected chi connectivity index (χ1v) is 6.72. The molecule has 2 rings (SSSR count). The summed E-state index contributed by atoms with van der Waals surface area (Å²) in [6, 6.07) is 0. The molecule has 1 N–H and O–H groups in total. The number of fused-ring (bicyclic) bond motifs is 1. The molecule has 5 nitrogen and oxygen atoms in total. The van der Waals surface area contributed by atoms with Gasteiger partial charge in [-0.25, -0.2) is 9.37 Å². The molecule has 0 radical (unpaired) electrons. The summed E-state index contributed by atoms with van der Waals surface area (Å²) in [6.07, 6.45) is 3.19. The van der Waals surface area contributed by atoms with Gasteiger partial charge in [0.15, 0.2) is 16.1 Å². The Balaban J connectivity index is 2.76. The van der Waals surface area contributed by atoms with Crippen molar-refractivity contribution in [3.05, 3.63) is 23.6 Å². The van der Waals surface area contributed by atoms with Gasteiger partial charge >= 0.3 is 0 Å². The van der Waals surface area contributed by atoms with Crippen molar-refractivity contribution in [3.8, 4) is 11.8 Å². The monoisotopic (exact) mass is 301 g/mol. The van der Waals surface area contributed by atoms with Gasteiger partial charge in [-0.15, -0.1) is 0 Å². The summed E-state index contributed by atoms with van der Waals surface area (Å²) in [7, 11) is 0. The summed E-state index contributed by atoms with van der Waals surface area (Å²) in [5.41, 5.74) is -0.129. The lowest BCUT2D eigenvalue weighted by atomic mass is 10.3. The zero-order valence-electron chi connectivity index (χ0n) is 9.85. The Morgan fingerprint density at radius 1 is 1.47 bits per heavy atom. The van der Waals surface area contributed by atoms with Crippen molar-refractivity contribution in [2.24, 2.45) is 0 Å². The molecule has 19 heavy (non-hydrogen) atoms. The van der Waals surface area contributed by atoms with E-state index in [2.05, 4.69) is 21.5 Å². The molecule has 2 aromatic rings. The molecular formula is C11H9ClFN3O2S. The Labute approximate surface area is 117 Å². The highest BCUT2D eigenvalue weighted by molar-refractivity contribution is 7.98. The average Bonchev–Trinajstić information content (AvgIpc) is 2.40. The summed E-state index contributed by atoms with van der Waals surface area (Å²) >= 11 is 6.85. The van der Waals surface area contributed by atoms with E-state index in [4.69, 9.17) is 16.3 Å². The van der Waals surface area contributed by atoms with Gasteiger partial charge in [0, 0.05) is 0 Å². The van der Waals surface area contributed by atoms with Crippen molar-refractivity contribution in [1.82, 2.24) is 15.0 Å². The van der Waals surface area contributed by atoms with Gasteiger partial charge in [0.05, 0.1) is 0 Å². The van der Waals surface area contributed by atoms with E-state index in [1.807, 2.05) is 0 Å². The van der Waals surface area contributed by atoms with E-state index in [-0.39, 0.29) is 33.7 Å². The minimum atomic E-state index is -0.824. The van der Waals surface area contributed by atoms with E-state index in [1.54, 1.807) is 6.26 Å². The zero-order chi connectivity index (χ0) is 14.0. The fourth-order valence-electron chi connectivity index (χ4n) is 1.41. The van der Waals surface area contributed by atoms with Crippen LogP contribution in [-0.2, 0) is 0 Å². The second kappa shape index (κ2) is 5.58. The van der Waals surface area contributed by atoms with Crippen LogP contribution in [0.1, 0.15) is 0 Å².